The zero-order valence-electron chi connectivity index (χ0n) is 16.5. The first-order chi connectivity index (χ1) is 12.7. The molecule has 1 aromatic carbocycles. The Labute approximate surface area is 161 Å². The molecule has 0 N–H and O–H groups in total. The van der Waals surface area contributed by atoms with Gasteiger partial charge in [-0.1, -0.05) is 48.9 Å². The lowest BCUT2D eigenvalue weighted by Gasteiger charge is -2.39. The van der Waals surface area contributed by atoms with E-state index in [1.54, 1.807) is 0 Å². The van der Waals surface area contributed by atoms with Gasteiger partial charge in [-0.2, -0.15) is 0 Å². The smallest absolute Gasteiger partial charge is 0.150 e. The Morgan fingerprint density at radius 3 is 2.11 bits per heavy atom. The molecule has 0 saturated heterocycles. The number of hydrogen-bond donors (Lipinski definition) is 0. The Morgan fingerprint density at radius 2 is 1.63 bits per heavy atom. The normalized spacial score (nSPS) is 20.2. The summed E-state index contributed by atoms with van der Waals surface area (Å²) < 4.78 is 0. The maximum absolute atomic E-state index is 12.7. The van der Waals surface area contributed by atoms with Crippen molar-refractivity contribution in [1.82, 2.24) is 0 Å². The minimum Gasteiger partial charge on any atom is -0.299 e. The molecule has 1 saturated carbocycles. The van der Waals surface area contributed by atoms with Crippen LogP contribution >= 0.6 is 0 Å². The van der Waals surface area contributed by atoms with Crippen molar-refractivity contribution in [2.75, 3.05) is 0 Å². The van der Waals surface area contributed by atoms with E-state index in [4.69, 9.17) is 0 Å². The molecule has 0 spiro atoms. The van der Waals surface area contributed by atoms with Crippen LogP contribution in [0.2, 0.25) is 0 Å². The molecule has 0 bridgehead atoms. The van der Waals surface area contributed by atoms with Crippen molar-refractivity contribution in [1.29, 1.82) is 0 Å². The highest BCUT2D eigenvalue weighted by atomic mass is 16.2. The molecule has 4 nitrogen and oxygen atoms in total. The number of hydrogen-bond acceptors (Lipinski definition) is 4. The summed E-state index contributed by atoms with van der Waals surface area (Å²) in [6.45, 7) is 8.29. The summed E-state index contributed by atoms with van der Waals surface area (Å²) in [6, 6.07) is 9.33. The first kappa shape index (κ1) is 20.9. The van der Waals surface area contributed by atoms with Gasteiger partial charge in [0, 0.05) is 6.42 Å². The largest absolute Gasteiger partial charge is 0.299 e. The van der Waals surface area contributed by atoms with Crippen LogP contribution in [0.25, 0.3) is 0 Å². The molecule has 4 heteroatoms. The minimum absolute atomic E-state index is 0.0257. The number of allylic oxidation sites excluding steroid dienone is 1. The number of rotatable bonds is 8. The Hall–Kier alpha value is -2.36. The van der Waals surface area contributed by atoms with Crippen LogP contribution in [0.15, 0.2) is 42.5 Å². The SMILES string of the molecule is C=C(CC(Cc1ccccc1)(C(C)=O)C(C)=O)C1(C(C)=O)CCCCC1=O. The summed E-state index contributed by atoms with van der Waals surface area (Å²) in [7, 11) is 0. The van der Waals surface area contributed by atoms with Crippen LogP contribution in [0.3, 0.4) is 0 Å². The zero-order valence-corrected chi connectivity index (χ0v) is 16.5. The van der Waals surface area contributed by atoms with Crippen LogP contribution in [-0.2, 0) is 25.6 Å². The molecule has 1 atom stereocenters. The lowest BCUT2D eigenvalue weighted by atomic mass is 9.60. The molecule has 0 amide bonds. The second kappa shape index (κ2) is 8.12. The second-order valence-corrected chi connectivity index (χ2v) is 7.73. The van der Waals surface area contributed by atoms with Crippen LogP contribution in [0.4, 0.5) is 0 Å². The Morgan fingerprint density at radius 1 is 1.04 bits per heavy atom. The summed E-state index contributed by atoms with van der Waals surface area (Å²) in [5.41, 5.74) is -1.30. The summed E-state index contributed by atoms with van der Waals surface area (Å²) in [4.78, 5) is 50.5. The number of ketones is 4. The van der Waals surface area contributed by atoms with Crippen molar-refractivity contribution in [3.05, 3.63) is 48.0 Å². The van der Waals surface area contributed by atoms with E-state index in [1.165, 1.54) is 20.8 Å². The maximum atomic E-state index is 12.7. The highest BCUT2D eigenvalue weighted by Gasteiger charge is 2.50. The van der Waals surface area contributed by atoms with Crippen molar-refractivity contribution in [3.63, 3.8) is 0 Å². The predicted molar refractivity (Wildman–Crippen MR) is 104 cm³/mol. The molecule has 1 aromatic rings. The monoisotopic (exact) mass is 368 g/mol. The van der Waals surface area contributed by atoms with Gasteiger partial charge in [0.1, 0.15) is 28.5 Å². The van der Waals surface area contributed by atoms with Gasteiger partial charge in [0.15, 0.2) is 0 Å². The van der Waals surface area contributed by atoms with Gasteiger partial charge in [-0.25, -0.2) is 0 Å². The van der Waals surface area contributed by atoms with Gasteiger partial charge < -0.3 is 0 Å². The summed E-state index contributed by atoms with van der Waals surface area (Å²) in [5.74, 6) is -0.895. The van der Waals surface area contributed by atoms with Crippen LogP contribution in [0.5, 0.6) is 0 Å². The molecule has 27 heavy (non-hydrogen) atoms. The van der Waals surface area contributed by atoms with Gasteiger partial charge in [0.05, 0.1) is 5.41 Å². The molecule has 1 unspecified atom stereocenters. The topological polar surface area (TPSA) is 68.3 Å². The second-order valence-electron chi connectivity index (χ2n) is 7.73. The highest BCUT2D eigenvalue weighted by molar-refractivity contribution is 6.10. The number of carbonyl (C=O) groups is 4. The predicted octanol–water partition coefficient (Wildman–Crippen LogP) is 4.06. The van der Waals surface area contributed by atoms with Crippen molar-refractivity contribution >= 4 is 23.1 Å². The molecule has 0 aliphatic heterocycles. The molecule has 2 rings (SSSR count). The molecular weight excluding hydrogens is 340 g/mol. The fourth-order valence-corrected chi connectivity index (χ4v) is 4.29. The Balaban J connectivity index is 2.46. The highest BCUT2D eigenvalue weighted by Crippen LogP contribution is 2.46. The van der Waals surface area contributed by atoms with Crippen LogP contribution in [0.1, 0.15) is 58.4 Å². The van der Waals surface area contributed by atoms with E-state index in [0.717, 1.165) is 18.4 Å². The molecule has 0 aromatic heterocycles. The van der Waals surface area contributed by atoms with Gasteiger partial charge in [-0.15, -0.1) is 0 Å². The first-order valence-electron chi connectivity index (χ1n) is 9.45. The molecule has 1 aliphatic carbocycles. The molecule has 1 fully saturated rings. The first-order valence-corrected chi connectivity index (χ1v) is 9.45. The fourth-order valence-electron chi connectivity index (χ4n) is 4.29. The van der Waals surface area contributed by atoms with Gasteiger partial charge in [-0.05, 0) is 52.0 Å². The third kappa shape index (κ3) is 3.85. The van der Waals surface area contributed by atoms with Crippen molar-refractivity contribution < 1.29 is 19.2 Å². The Kier molecular flexibility index (Phi) is 6.30. The van der Waals surface area contributed by atoms with E-state index in [2.05, 4.69) is 6.58 Å². The standard InChI is InChI=1S/C23H28O4/c1-16(23(19(4)26)13-9-8-12-21(23)27)14-22(17(2)24,18(3)25)15-20-10-6-5-7-11-20/h5-7,10-11H,1,8-9,12-15H2,2-4H3. The van der Waals surface area contributed by atoms with E-state index < -0.39 is 10.8 Å². The van der Waals surface area contributed by atoms with Crippen molar-refractivity contribution in [2.45, 2.75) is 59.3 Å². The van der Waals surface area contributed by atoms with E-state index in [-0.39, 0.29) is 36.0 Å². The number of benzene rings is 1. The average molecular weight is 368 g/mol. The molecule has 0 radical (unpaired) electrons. The van der Waals surface area contributed by atoms with Crippen LogP contribution in [-0.4, -0.2) is 23.1 Å². The summed E-state index contributed by atoms with van der Waals surface area (Å²) >= 11 is 0. The van der Waals surface area contributed by atoms with Gasteiger partial charge in [0.2, 0.25) is 0 Å². The average Bonchev–Trinajstić information content (AvgIpc) is 2.61. The number of carbonyl (C=O) groups excluding carboxylic acids is 4. The lowest BCUT2D eigenvalue weighted by molar-refractivity contribution is -0.143. The van der Waals surface area contributed by atoms with Crippen LogP contribution in [0, 0.1) is 10.8 Å². The van der Waals surface area contributed by atoms with Crippen molar-refractivity contribution in [2.24, 2.45) is 10.8 Å². The maximum Gasteiger partial charge on any atom is 0.150 e. The third-order valence-corrected chi connectivity index (χ3v) is 6.10. The Bertz CT molecular complexity index is 761. The quantitative estimate of drug-likeness (QED) is 0.513. The molecule has 144 valence electrons. The van der Waals surface area contributed by atoms with Crippen LogP contribution < -0.4 is 0 Å². The molecule has 0 heterocycles. The summed E-state index contributed by atoms with van der Waals surface area (Å²) in [6.07, 6.45) is 2.53. The number of Topliss-reactive ketones (excluding diaryl/α,β-unsaturated/α-hetero) is 4. The van der Waals surface area contributed by atoms with Gasteiger partial charge >= 0.3 is 0 Å². The minimum atomic E-state index is -1.31. The fraction of sp³-hybridized carbons (Fsp3) is 0.478. The van der Waals surface area contributed by atoms with Gasteiger partial charge in [-0.3, -0.25) is 19.2 Å². The van der Waals surface area contributed by atoms with Gasteiger partial charge in [0.25, 0.3) is 0 Å². The van der Waals surface area contributed by atoms with E-state index in [1.807, 2.05) is 30.3 Å². The summed E-state index contributed by atoms with van der Waals surface area (Å²) in [5, 5.41) is 0. The third-order valence-electron chi connectivity index (χ3n) is 6.10. The van der Waals surface area contributed by atoms with E-state index in [0.29, 0.717) is 18.4 Å². The zero-order chi connectivity index (χ0) is 20.2. The van der Waals surface area contributed by atoms with Crippen molar-refractivity contribution in [3.8, 4) is 0 Å². The molecular formula is C23H28O4. The lowest BCUT2D eigenvalue weighted by Crippen LogP contribution is -2.46. The molecule has 1 aliphatic rings. The van der Waals surface area contributed by atoms with E-state index >= 15 is 0 Å². The van der Waals surface area contributed by atoms with E-state index in [9.17, 15) is 19.2 Å².